The molecule has 0 amide bonds. The van der Waals surface area contributed by atoms with Gasteiger partial charge in [-0.15, -0.1) is 0 Å². The molecular formula is C13H23N5O. The Labute approximate surface area is 114 Å². The molecule has 6 heteroatoms. The summed E-state index contributed by atoms with van der Waals surface area (Å²) < 4.78 is 5.08. The third-order valence-electron chi connectivity index (χ3n) is 3.49. The quantitative estimate of drug-likeness (QED) is 0.657. The summed E-state index contributed by atoms with van der Waals surface area (Å²) in [5.41, 5.74) is 0. The molecule has 0 aliphatic carbocycles. The molecule has 0 radical (unpaired) electrons. The van der Waals surface area contributed by atoms with Crippen LogP contribution in [0.4, 0.5) is 0 Å². The lowest BCUT2D eigenvalue weighted by Crippen LogP contribution is -2.45. The molecule has 0 aromatic carbocycles. The summed E-state index contributed by atoms with van der Waals surface area (Å²) in [6.45, 7) is 7.07. The number of aryl methyl sites for hydroxylation is 1. The van der Waals surface area contributed by atoms with Crippen LogP contribution in [0.2, 0.25) is 0 Å². The van der Waals surface area contributed by atoms with Gasteiger partial charge >= 0.3 is 0 Å². The van der Waals surface area contributed by atoms with Gasteiger partial charge < -0.3 is 14.7 Å². The minimum atomic E-state index is 0.674. The number of guanidine groups is 1. The van der Waals surface area contributed by atoms with E-state index in [2.05, 4.69) is 32.3 Å². The number of aromatic nitrogens is 2. The fraction of sp³-hybridized carbons (Fsp3) is 0.769. The Hall–Kier alpha value is -1.59. The van der Waals surface area contributed by atoms with E-state index in [1.54, 1.807) is 0 Å². The van der Waals surface area contributed by atoms with E-state index in [1.807, 2.05) is 14.0 Å². The minimum Gasteiger partial charge on any atom is -0.356 e. The highest BCUT2D eigenvalue weighted by Crippen LogP contribution is 2.15. The van der Waals surface area contributed by atoms with Crippen molar-refractivity contribution in [2.24, 2.45) is 10.9 Å². The predicted octanol–water partition coefficient (Wildman–Crippen LogP) is 1.23. The maximum Gasteiger partial charge on any atom is 0.228 e. The van der Waals surface area contributed by atoms with E-state index in [4.69, 9.17) is 4.52 Å². The van der Waals surface area contributed by atoms with Crippen LogP contribution in [0.15, 0.2) is 9.52 Å². The average molecular weight is 265 g/mol. The molecule has 2 rings (SSSR count). The molecule has 1 saturated heterocycles. The second-order valence-corrected chi connectivity index (χ2v) is 5.13. The van der Waals surface area contributed by atoms with Gasteiger partial charge in [0.2, 0.25) is 5.89 Å². The summed E-state index contributed by atoms with van der Waals surface area (Å²) in [6.07, 6.45) is 3.21. The second-order valence-electron chi connectivity index (χ2n) is 5.13. The van der Waals surface area contributed by atoms with Crippen molar-refractivity contribution in [1.29, 1.82) is 0 Å². The van der Waals surface area contributed by atoms with Gasteiger partial charge in [-0.3, -0.25) is 4.99 Å². The van der Waals surface area contributed by atoms with Crippen LogP contribution in [0.5, 0.6) is 0 Å². The first kappa shape index (κ1) is 13.8. The summed E-state index contributed by atoms with van der Waals surface area (Å²) in [5, 5.41) is 7.14. The smallest absolute Gasteiger partial charge is 0.228 e. The van der Waals surface area contributed by atoms with Crippen molar-refractivity contribution in [3.8, 4) is 0 Å². The number of hydrogen-bond donors (Lipinski definition) is 1. The number of rotatable bonds is 3. The van der Waals surface area contributed by atoms with Crippen molar-refractivity contribution in [3.05, 3.63) is 11.7 Å². The van der Waals surface area contributed by atoms with Crippen molar-refractivity contribution in [1.82, 2.24) is 20.4 Å². The molecule has 1 aliphatic heterocycles. The summed E-state index contributed by atoms with van der Waals surface area (Å²) in [5.74, 6) is 3.16. The second kappa shape index (κ2) is 6.54. The highest BCUT2D eigenvalue weighted by atomic mass is 16.5. The molecule has 0 unspecified atom stereocenters. The molecule has 106 valence electrons. The van der Waals surface area contributed by atoms with E-state index >= 15 is 0 Å². The van der Waals surface area contributed by atoms with Gasteiger partial charge in [-0.25, -0.2) is 0 Å². The predicted molar refractivity (Wildman–Crippen MR) is 74.1 cm³/mol. The number of aliphatic imine (C=N–C) groups is 1. The average Bonchev–Trinajstić information content (AvgIpc) is 2.82. The lowest BCUT2D eigenvalue weighted by Gasteiger charge is -2.32. The third-order valence-corrected chi connectivity index (χ3v) is 3.49. The lowest BCUT2D eigenvalue weighted by atomic mass is 10.00. The summed E-state index contributed by atoms with van der Waals surface area (Å²) >= 11 is 0. The fourth-order valence-corrected chi connectivity index (χ4v) is 2.28. The molecule has 0 bridgehead atoms. The molecule has 0 spiro atoms. The van der Waals surface area contributed by atoms with E-state index < -0.39 is 0 Å². The summed E-state index contributed by atoms with van der Waals surface area (Å²) in [7, 11) is 1.83. The van der Waals surface area contributed by atoms with Gasteiger partial charge in [0.25, 0.3) is 0 Å². The highest BCUT2D eigenvalue weighted by Gasteiger charge is 2.18. The third kappa shape index (κ3) is 3.94. The van der Waals surface area contributed by atoms with Crippen LogP contribution < -0.4 is 5.32 Å². The number of piperidine rings is 1. The number of likely N-dealkylation sites (tertiary alicyclic amines) is 1. The van der Waals surface area contributed by atoms with Crippen molar-refractivity contribution >= 4 is 5.96 Å². The summed E-state index contributed by atoms with van der Waals surface area (Å²) in [6, 6.07) is 0. The highest BCUT2D eigenvalue weighted by molar-refractivity contribution is 5.79. The zero-order chi connectivity index (χ0) is 13.7. The van der Waals surface area contributed by atoms with Gasteiger partial charge in [0.05, 0.1) is 0 Å². The van der Waals surface area contributed by atoms with Crippen LogP contribution in [0, 0.1) is 12.8 Å². The van der Waals surface area contributed by atoms with E-state index in [-0.39, 0.29) is 0 Å². The van der Waals surface area contributed by atoms with Crippen LogP contribution in [-0.2, 0) is 6.42 Å². The van der Waals surface area contributed by atoms with Crippen LogP contribution in [-0.4, -0.2) is 47.7 Å². The SMILES string of the molecule is CN=C(NCCc1nc(C)no1)N1CCC(C)CC1. The maximum absolute atomic E-state index is 5.08. The van der Waals surface area contributed by atoms with E-state index in [0.717, 1.165) is 37.9 Å². The molecule has 19 heavy (non-hydrogen) atoms. The molecule has 1 aromatic rings. The molecular weight excluding hydrogens is 242 g/mol. The van der Waals surface area contributed by atoms with Crippen LogP contribution in [0.25, 0.3) is 0 Å². The standard InChI is InChI=1S/C13H23N5O/c1-10-5-8-18(9-6-10)13(14-3)15-7-4-12-16-11(2)17-19-12/h10H,4-9H2,1-3H3,(H,14,15). The zero-order valence-electron chi connectivity index (χ0n) is 12.0. The maximum atomic E-state index is 5.08. The van der Waals surface area contributed by atoms with Crippen LogP contribution >= 0.6 is 0 Å². The van der Waals surface area contributed by atoms with Crippen molar-refractivity contribution in [3.63, 3.8) is 0 Å². The minimum absolute atomic E-state index is 0.674. The molecule has 2 heterocycles. The monoisotopic (exact) mass is 265 g/mol. The van der Waals surface area contributed by atoms with Crippen LogP contribution in [0.3, 0.4) is 0 Å². The zero-order valence-corrected chi connectivity index (χ0v) is 12.0. The lowest BCUT2D eigenvalue weighted by molar-refractivity contribution is 0.273. The van der Waals surface area contributed by atoms with Crippen molar-refractivity contribution in [2.45, 2.75) is 33.1 Å². The molecule has 0 atom stereocenters. The van der Waals surface area contributed by atoms with Crippen molar-refractivity contribution in [2.75, 3.05) is 26.7 Å². The molecule has 1 aliphatic rings. The normalized spacial score (nSPS) is 17.8. The van der Waals surface area contributed by atoms with Gasteiger partial charge in [-0.2, -0.15) is 4.98 Å². The molecule has 0 saturated carbocycles. The molecule has 6 nitrogen and oxygen atoms in total. The molecule has 1 N–H and O–H groups in total. The van der Waals surface area contributed by atoms with Crippen molar-refractivity contribution < 1.29 is 4.52 Å². The Bertz CT molecular complexity index is 420. The number of nitrogens with one attached hydrogen (secondary N) is 1. The first-order chi connectivity index (χ1) is 9.19. The van der Waals surface area contributed by atoms with Gasteiger partial charge in [-0.1, -0.05) is 12.1 Å². The first-order valence-electron chi connectivity index (χ1n) is 6.94. The topological polar surface area (TPSA) is 66.5 Å². The van der Waals surface area contributed by atoms with E-state index in [0.29, 0.717) is 11.7 Å². The Morgan fingerprint density at radius 2 is 2.21 bits per heavy atom. The molecule has 1 aromatic heterocycles. The largest absolute Gasteiger partial charge is 0.356 e. The Morgan fingerprint density at radius 1 is 1.47 bits per heavy atom. The number of nitrogens with zero attached hydrogens (tertiary/aromatic N) is 4. The Balaban J connectivity index is 1.77. The molecule has 1 fully saturated rings. The van der Waals surface area contributed by atoms with E-state index in [1.165, 1.54) is 12.8 Å². The fourth-order valence-electron chi connectivity index (χ4n) is 2.28. The van der Waals surface area contributed by atoms with E-state index in [9.17, 15) is 0 Å². The first-order valence-corrected chi connectivity index (χ1v) is 6.94. The van der Waals surface area contributed by atoms with Crippen LogP contribution in [0.1, 0.15) is 31.5 Å². The Kier molecular flexibility index (Phi) is 4.76. The van der Waals surface area contributed by atoms with Gasteiger partial charge in [0, 0.05) is 33.1 Å². The number of hydrogen-bond acceptors (Lipinski definition) is 4. The van der Waals surface area contributed by atoms with Gasteiger partial charge in [0.1, 0.15) is 0 Å². The Morgan fingerprint density at radius 3 is 2.79 bits per heavy atom. The van der Waals surface area contributed by atoms with Gasteiger partial charge in [0.15, 0.2) is 11.8 Å². The van der Waals surface area contributed by atoms with Gasteiger partial charge in [-0.05, 0) is 25.7 Å². The summed E-state index contributed by atoms with van der Waals surface area (Å²) in [4.78, 5) is 10.8.